The van der Waals surface area contributed by atoms with E-state index in [9.17, 15) is 14.4 Å². The van der Waals surface area contributed by atoms with E-state index in [1.807, 2.05) is 5.38 Å². The molecule has 24 heavy (non-hydrogen) atoms. The third-order valence-corrected chi connectivity index (χ3v) is 4.13. The summed E-state index contributed by atoms with van der Waals surface area (Å²) in [5.74, 6) is -0.412. The van der Waals surface area contributed by atoms with E-state index in [-0.39, 0.29) is 30.7 Å². The second-order valence-electron chi connectivity index (χ2n) is 5.08. The van der Waals surface area contributed by atoms with Crippen LogP contribution in [-0.2, 0) is 16.0 Å². The smallest absolute Gasteiger partial charge is 0.261 e. The Bertz CT molecular complexity index is 696. The molecule has 0 unspecified atom stereocenters. The van der Waals surface area contributed by atoms with E-state index in [4.69, 9.17) is 0 Å². The van der Waals surface area contributed by atoms with Gasteiger partial charge >= 0.3 is 0 Å². The van der Waals surface area contributed by atoms with Crippen LogP contribution < -0.4 is 16.0 Å². The van der Waals surface area contributed by atoms with E-state index in [1.54, 1.807) is 43.4 Å². The minimum absolute atomic E-state index is 0.0618. The fourth-order valence-electron chi connectivity index (χ4n) is 1.99. The molecule has 3 amide bonds. The van der Waals surface area contributed by atoms with Gasteiger partial charge in [-0.15, -0.1) is 11.3 Å². The lowest BCUT2D eigenvalue weighted by molar-refractivity contribution is -0.120. The Morgan fingerprint density at radius 3 is 2.42 bits per heavy atom. The fraction of sp³-hybridized carbons (Fsp3) is 0.235. The number of rotatable bonds is 7. The first-order valence-electron chi connectivity index (χ1n) is 7.49. The highest BCUT2D eigenvalue weighted by Gasteiger charge is 2.08. The largest absolute Gasteiger partial charge is 0.359 e. The first-order valence-corrected chi connectivity index (χ1v) is 8.37. The van der Waals surface area contributed by atoms with Gasteiger partial charge in [0.15, 0.2) is 0 Å². The number of amides is 3. The van der Waals surface area contributed by atoms with Gasteiger partial charge in [-0.25, -0.2) is 0 Å². The van der Waals surface area contributed by atoms with Crippen molar-refractivity contribution in [1.29, 1.82) is 0 Å². The summed E-state index contributed by atoms with van der Waals surface area (Å²) >= 11 is 1.36. The molecule has 0 saturated carbocycles. The molecule has 2 rings (SSSR count). The van der Waals surface area contributed by atoms with E-state index >= 15 is 0 Å². The lowest BCUT2D eigenvalue weighted by Gasteiger charge is -2.07. The van der Waals surface area contributed by atoms with Gasteiger partial charge in [-0.2, -0.15) is 0 Å². The van der Waals surface area contributed by atoms with Crippen LogP contribution in [0, 0.1) is 0 Å². The number of nitrogens with one attached hydrogen (secondary N) is 3. The number of benzene rings is 1. The van der Waals surface area contributed by atoms with Crippen LogP contribution in [0.5, 0.6) is 0 Å². The quantitative estimate of drug-likeness (QED) is 0.715. The second-order valence-corrected chi connectivity index (χ2v) is 6.03. The maximum Gasteiger partial charge on any atom is 0.261 e. The molecule has 0 bridgehead atoms. The molecule has 2 aromatic rings. The van der Waals surface area contributed by atoms with Gasteiger partial charge in [0.1, 0.15) is 0 Å². The Morgan fingerprint density at radius 1 is 1.04 bits per heavy atom. The molecule has 1 aromatic carbocycles. The van der Waals surface area contributed by atoms with Gasteiger partial charge in [0.05, 0.1) is 11.3 Å². The van der Waals surface area contributed by atoms with Gasteiger partial charge in [0.25, 0.3) is 5.91 Å². The Hall–Kier alpha value is -2.67. The molecule has 0 aliphatic rings. The molecule has 6 nitrogen and oxygen atoms in total. The number of carbonyl (C=O) groups is 3. The predicted molar refractivity (Wildman–Crippen MR) is 94.1 cm³/mol. The minimum atomic E-state index is -0.180. The zero-order chi connectivity index (χ0) is 17.4. The number of carbonyl (C=O) groups excluding carboxylic acids is 3. The van der Waals surface area contributed by atoms with Crippen molar-refractivity contribution in [1.82, 2.24) is 10.6 Å². The van der Waals surface area contributed by atoms with Gasteiger partial charge in [-0.05, 0) is 29.1 Å². The van der Waals surface area contributed by atoms with Crippen LogP contribution in [0.3, 0.4) is 0 Å². The van der Waals surface area contributed by atoms with Crippen molar-refractivity contribution in [2.45, 2.75) is 12.8 Å². The molecular weight excluding hydrogens is 326 g/mol. The summed E-state index contributed by atoms with van der Waals surface area (Å²) in [5, 5.41) is 9.85. The number of hydrogen-bond acceptors (Lipinski definition) is 4. The Labute approximate surface area is 144 Å². The number of anilines is 1. The normalized spacial score (nSPS) is 10.0. The van der Waals surface area contributed by atoms with Crippen LogP contribution in [0.1, 0.15) is 21.7 Å². The summed E-state index contributed by atoms with van der Waals surface area (Å²) in [4.78, 5) is 35.5. The van der Waals surface area contributed by atoms with Crippen LogP contribution in [0.25, 0.3) is 0 Å². The summed E-state index contributed by atoms with van der Waals surface area (Å²) in [6.45, 7) is 0.275. The van der Waals surface area contributed by atoms with E-state index in [0.29, 0.717) is 17.0 Å². The lowest BCUT2D eigenvalue weighted by atomic mass is 10.1. The lowest BCUT2D eigenvalue weighted by Crippen LogP contribution is -2.27. The van der Waals surface area contributed by atoms with Crippen LogP contribution in [0.4, 0.5) is 5.69 Å². The van der Waals surface area contributed by atoms with Gasteiger partial charge in [0, 0.05) is 25.7 Å². The predicted octanol–water partition coefficient (Wildman–Crippen LogP) is 1.80. The molecule has 0 aliphatic carbocycles. The highest BCUT2D eigenvalue weighted by molar-refractivity contribution is 7.12. The first-order chi connectivity index (χ1) is 11.6. The molecule has 0 spiro atoms. The van der Waals surface area contributed by atoms with Gasteiger partial charge in [-0.1, -0.05) is 18.2 Å². The molecule has 0 fully saturated rings. The Balaban J connectivity index is 1.74. The van der Waals surface area contributed by atoms with Crippen molar-refractivity contribution in [2.75, 3.05) is 18.9 Å². The van der Waals surface area contributed by atoms with Crippen molar-refractivity contribution < 1.29 is 14.4 Å². The minimum Gasteiger partial charge on any atom is -0.359 e. The third kappa shape index (κ3) is 5.51. The van der Waals surface area contributed by atoms with Crippen LogP contribution in [0.2, 0.25) is 0 Å². The third-order valence-electron chi connectivity index (χ3n) is 3.26. The van der Waals surface area contributed by atoms with E-state index < -0.39 is 0 Å². The van der Waals surface area contributed by atoms with Crippen molar-refractivity contribution in [3.05, 3.63) is 52.2 Å². The zero-order valence-corrected chi connectivity index (χ0v) is 14.1. The molecule has 0 radical (unpaired) electrons. The van der Waals surface area contributed by atoms with E-state index in [0.717, 1.165) is 5.56 Å². The number of hydrogen-bond donors (Lipinski definition) is 3. The molecular formula is C17H19N3O3S. The highest BCUT2D eigenvalue weighted by Crippen LogP contribution is 2.11. The van der Waals surface area contributed by atoms with Gasteiger partial charge in [0.2, 0.25) is 11.8 Å². The topological polar surface area (TPSA) is 87.3 Å². The maximum atomic E-state index is 11.9. The molecule has 0 aliphatic heterocycles. The molecule has 0 saturated heterocycles. The summed E-state index contributed by atoms with van der Waals surface area (Å²) in [6.07, 6.45) is 0.497. The zero-order valence-electron chi connectivity index (χ0n) is 13.3. The van der Waals surface area contributed by atoms with Crippen LogP contribution >= 0.6 is 11.3 Å². The molecule has 3 N–H and O–H groups in total. The van der Waals surface area contributed by atoms with Crippen LogP contribution in [-0.4, -0.2) is 31.3 Å². The standard InChI is InChI=1S/C17H19N3O3S/c1-18-16(22)11-12-4-6-13(7-5-12)20-15(21)8-9-19-17(23)14-3-2-10-24-14/h2-7,10H,8-9,11H2,1H3,(H,18,22)(H,19,23)(H,20,21). The van der Waals surface area contributed by atoms with E-state index in [2.05, 4.69) is 16.0 Å². The fourth-order valence-corrected chi connectivity index (χ4v) is 2.63. The molecule has 1 heterocycles. The Morgan fingerprint density at radius 2 is 1.79 bits per heavy atom. The van der Waals surface area contributed by atoms with Crippen molar-refractivity contribution in [2.24, 2.45) is 0 Å². The summed E-state index contributed by atoms with van der Waals surface area (Å²) in [6, 6.07) is 10.6. The van der Waals surface area contributed by atoms with Crippen molar-refractivity contribution in [3.63, 3.8) is 0 Å². The average Bonchev–Trinajstić information content (AvgIpc) is 3.11. The maximum absolute atomic E-state index is 11.9. The summed E-state index contributed by atoms with van der Waals surface area (Å²) in [5.41, 5.74) is 1.53. The monoisotopic (exact) mass is 345 g/mol. The SMILES string of the molecule is CNC(=O)Cc1ccc(NC(=O)CCNC(=O)c2cccs2)cc1. The molecule has 7 heteroatoms. The Kier molecular flexibility index (Phi) is 6.51. The number of likely N-dealkylation sites (N-methyl/N-ethyl adjacent to an activating group) is 1. The van der Waals surface area contributed by atoms with Gasteiger partial charge in [-0.3, -0.25) is 14.4 Å². The van der Waals surface area contributed by atoms with Crippen molar-refractivity contribution in [3.8, 4) is 0 Å². The summed E-state index contributed by atoms with van der Waals surface area (Å²) in [7, 11) is 1.59. The first kappa shape index (κ1) is 17.7. The molecule has 126 valence electrons. The highest BCUT2D eigenvalue weighted by atomic mass is 32.1. The van der Waals surface area contributed by atoms with E-state index in [1.165, 1.54) is 11.3 Å². The second kappa shape index (κ2) is 8.83. The molecule has 0 atom stereocenters. The van der Waals surface area contributed by atoms with Crippen LogP contribution in [0.15, 0.2) is 41.8 Å². The number of thiophene rings is 1. The average molecular weight is 345 g/mol. The van der Waals surface area contributed by atoms with Crippen molar-refractivity contribution >= 4 is 34.7 Å². The molecule has 1 aromatic heterocycles. The summed E-state index contributed by atoms with van der Waals surface area (Å²) < 4.78 is 0. The van der Waals surface area contributed by atoms with Gasteiger partial charge < -0.3 is 16.0 Å².